The van der Waals surface area contributed by atoms with Crippen LogP contribution in [0.4, 0.5) is 17.8 Å². The molecule has 0 aromatic carbocycles. The lowest BCUT2D eigenvalue weighted by molar-refractivity contribution is -0.383. The van der Waals surface area contributed by atoms with Gasteiger partial charge < -0.3 is 77.1 Å². The standard InChI is InChI=1S/C12H22O11.C3H6N6.CH2O/c13-1-4-6(16)8(18)9(19)11(21-4)23-12(3-15)10(20)7(17)5(2-14)22-12;4-1-7-2(5)9-3(6)8-1;1-2/h4-11,13-20H,1-3H2;(H6,4,5,6,7,8,9);1H2. The van der Waals surface area contributed by atoms with Gasteiger partial charge in [-0.3, -0.25) is 0 Å². The molecule has 0 spiro atoms. The van der Waals surface area contributed by atoms with Crippen LogP contribution in [0.1, 0.15) is 0 Å². The van der Waals surface area contributed by atoms with Gasteiger partial charge in [-0.25, -0.2) is 0 Å². The Morgan fingerprint density at radius 3 is 1.65 bits per heavy atom. The molecule has 2 aliphatic rings. The number of hydrogen-bond donors (Lipinski definition) is 11. The van der Waals surface area contributed by atoms with Gasteiger partial charge >= 0.3 is 0 Å². The van der Waals surface area contributed by atoms with Crippen molar-refractivity contribution in [2.45, 2.75) is 54.8 Å². The predicted octanol–water partition coefficient (Wildman–Crippen LogP) is -6.96. The van der Waals surface area contributed by atoms with Gasteiger partial charge in [0.05, 0.1) is 13.2 Å². The average Bonchev–Trinajstić information content (AvgIpc) is 3.05. The molecule has 1 aromatic rings. The zero-order chi connectivity index (χ0) is 26.2. The summed E-state index contributed by atoms with van der Waals surface area (Å²) < 4.78 is 15.4. The number of rotatable bonds is 5. The molecule has 18 heteroatoms. The molecule has 18 nitrogen and oxygen atoms in total. The van der Waals surface area contributed by atoms with Crippen molar-refractivity contribution in [3.63, 3.8) is 0 Å². The van der Waals surface area contributed by atoms with Gasteiger partial charge in [0.1, 0.15) is 56.1 Å². The van der Waals surface area contributed by atoms with Crippen molar-refractivity contribution in [2.75, 3.05) is 37.0 Å². The minimum Gasteiger partial charge on any atom is -0.394 e. The van der Waals surface area contributed by atoms with Gasteiger partial charge in [-0.1, -0.05) is 0 Å². The van der Waals surface area contributed by atoms with Crippen LogP contribution in [-0.2, 0) is 19.0 Å². The van der Waals surface area contributed by atoms with E-state index < -0.39 is 74.6 Å². The van der Waals surface area contributed by atoms with Gasteiger partial charge in [0.15, 0.2) is 6.29 Å². The molecule has 3 rings (SSSR count). The van der Waals surface area contributed by atoms with Crippen LogP contribution in [0.15, 0.2) is 0 Å². The summed E-state index contributed by atoms with van der Waals surface area (Å²) in [6.45, 7) is -0.322. The van der Waals surface area contributed by atoms with Crippen molar-refractivity contribution in [3.8, 4) is 0 Å². The molecule has 2 saturated heterocycles. The molecule has 0 aliphatic carbocycles. The third-order valence-electron chi connectivity index (χ3n) is 4.76. The molecule has 9 unspecified atom stereocenters. The van der Waals surface area contributed by atoms with Crippen LogP contribution >= 0.6 is 0 Å². The Kier molecular flexibility index (Phi) is 11.3. The fraction of sp³-hybridized carbons (Fsp3) is 0.750. The SMILES string of the molecule is C=O.Nc1nc(N)nc(N)n1.OCC1OC(OC2(CO)OC(CO)C(O)C2O)C(O)C(O)C1O. The van der Waals surface area contributed by atoms with Crippen molar-refractivity contribution in [3.05, 3.63) is 0 Å². The molecule has 2 aliphatic heterocycles. The topological polar surface area (TPSA) is 323 Å². The highest BCUT2D eigenvalue weighted by atomic mass is 16.8. The minimum absolute atomic E-state index is 0.0417. The number of hydrogen-bond acceptors (Lipinski definition) is 18. The van der Waals surface area contributed by atoms with Gasteiger partial charge in [0.2, 0.25) is 23.6 Å². The van der Waals surface area contributed by atoms with E-state index in [0.29, 0.717) is 0 Å². The second-order valence-electron chi connectivity index (χ2n) is 6.97. The van der Waals surface area contributed by atoms with Crippen LogP contribution in [0.2, 0.25) is 0 Å². The van der Waals surface area contributed by atoms with Gasteiger partial charge in [-0.2, -0.15) is 15.0 Å². The van der Waals surface area contributed by atoms with E-state index >= 15 is 0 Å². The molecule has 0 amide bonds. The number of aromatic nitrogens is 3. The lowest BCUT2D eigenvalue weighted by Crippen LogP contribution is -2.62. The van der Waals surface area contributed by atoms with Crippen LogP contribution in [-0.4, -0.2) is 137 Å². The second kappa shape index (κ2) is 12.9. The van der Waals surface area contributed by atoms with Crippen LogP contribution in [0.3, 0.4) is 0 Å². The second-order valence-corrected chi connectivity index (χ2v) is 6.97. The Bertz CT molecular complexity index is 715. The Balaban J connectivity index is 0.000000437. The van der Waals surface area contributed by atoms with Crippen LogP contribution in [0.25, 0.3) is 0 Å². The lowest BCUT2D eigenvalue weighted by atomic mass is 9.99. The fourth-order valence-electron chi connectivity index (χ4n) is 3.06. The number of aliphatic hydroxyl groups is 8. The third kappa shape index (κ3) is 6.61. The molecule has 3 heterocycles. The molecule has 0 bridgehead atoms. The van der Waals surface area contributed by atoms with Crippen molar-refractivity contribution < 1.29 is 59.9 Å². The first-order valence-corrected chi connectivity index (χ1v) is 9.55. The van der Waals surface area contributed by atoms with E-state index in [9.17, 15) is 30.6 Å². The van der Waals surface area contributed by atoms with Crippen LogP contribution in [0.5, 0.6) is 0 Å². The zero-order valence-electron chi connectivity index (χ0n) is 17.7. The Morgan fingerprint density at radius 2 is 1.26 bits per heavy atom. The lowest BCUT2D eigenvalue weighted by Gasteiger charge is -2.43. The molecule has 2 fully saturated rings. The number of carbonyl (C=O) groups is 1. The zero-order valence-corrected chi connectivity index (χ0v) is 17.7. The van der Waals surface area contributed by atoms with Crippen molar-refractivity contribution in [1.82, 2.24) is 15.0 Å². The highest BCUT2D eigenvalue weighted by molar-refractivity contribution is 5.33. The van der Waals surface area contributed by atoms with Crippen molar-refractivity contribution in [1.29, 1.82) is 0 Å². The highest BCUT2D eigenvalue weighted by Gasteiger charge is 2.58. The molecule has 196 valence electrons. The number of nitrogens with zero attached hydrogens (tertiary/aromatic N) is 3. The number of aliphatic hydroxyl groups excluding tert-OH is 8. The van der Waals surface area contributed by atoms with E-state index in [4.69, 9.17) is 46.4 Å². The summed E-state index contributed by atoms with van der Waals surface area (Å²) in [6, 6.07) is 0. The molecule has 0 saturated carbocycles. The monoisotopic (exact) mass is 498 g/mol. The number of nitrogen functional groups attached to an aromatic ring is 3. The smallest absolute Gasteiger partial charge is 0.226 e. The number of nitrogens with two attached hydrogens (primary N) is 3. The Labute approximate surface area is 192 Å². The summed E-state index contributed by atoms with van der Waals surface area (Å²) >= 11 is 0. The first-order chi connectivity index (χ1) is 16.0. The predicted molar refractivity (Wildman–Crippen MR) is 109 cm³/mol. The molecule has 9 atom stereocenters. The Hall–Kier alpha value is -2.36. The van der Waals surface area contributed by atoms with E-state index in [1.807, 2.05) is 6.79 Å². The largest absolute Gasteiger partial charge is 0.394 e. The fourth-order valence-corrected chi connectivity index (χ4v) is 3.06. The first-order valence-electron chi connectivity index (χ1n) is 9.55. The minimum atomic E-state index is -2.22. The molecular formula is C16H30N6O12. The molecule has 34 heavy (non-hydrogen) atoms. The van der Waals surface area contributed by atoms with Gasteiger partial charge in [-0.05, 0) is 0 Å². The summed E-state index contributed by atoms with van der Waals surface area (Å²) in [4.78, 5) is 18.5. The number of anilines is 3. The maximum absolute atomic E-state index is 10.00. The summed E-state index contributed by atoms with van der Waals surface area (Å²) in [5.41, 5.74) is 15.4. The van der Waals surface area contributed by atoms with Gasteiger partial charge in [0, 0.05) is 0 Å². The quantitative estimate of drug-likeness (QED) is 0.179. The molecule has 14 N–H and O–H groups in total. The summed E-state index contributed by atoms with van der Waals surface area (Å²) in [6.07, 6.45) is -12.7. The van der Waals surface area contributed by atoms with E-state index in [0.717, 1.165) is 0 Å². The Morgan fingerprint density at radius 1 is 0.794 bits per heavy atom. The van der Waals surface area contributed by atoms with Crippen molar-refractivity contribution in [2.24, 2.45) is 0 Å². The highest BCUT2D eigenvalue weighted by Crippen LogP contribution is 2.35. The van der Waals surface area contributed by atoms with Crippen LogP contribution in [0, 0.1) is 0 Å². The average molecular weight is 498 g/mol. The summed E-state index contributed by atoms with van der Waals surface area (Å²) in [5.74, 6) is -2.10. The maximum atomic E-state index is 10.00. The van der Waals surface area contributed by atoms with Crippen molar-refractivity contribution >= 4 is 24.6 Å². The van der Waals surface area contributed by atoms with Gasteiger partial charge in [-0.15, -0.1) is 0 Å². The van der Waals surface area contributed by atoms with E-state index in [-0.39, 0.29) is 17.8 Å². The summed E-state index contributed by atoms with van der Waals surface area (Å²) in [5, 5.41) is 76.7. The first kappa shape index (κ1) is 29.7. The molecule has 0 radical (unpaired) electrons. The van der Waals surface area contributed by atoms with E-state index in [1.165, 1.54) is 0 Å². The van der Waals surface area contributed by atoms with Crippen LogP contribution < -0.4 is 17.2 Å². The third-order valence-corrected chi connectivity index (χ3v) is 4.76. The number of ether oxygens (including phenoxy) is 3. The molecular weight excluding hydrogens is 468 g/mol. The van der Waals surface area contributed by atoms with Gasteiger partial charge in [0.25, 0.3) is 0 Å². The summed E-state index contributed by atoms with van der Waals surface area (Å²) in [7, 11) is 0. The normalized spacial score (nSPS) is 37.2. The van der Waals surface area contributed by atoms with E-state index in [2.05, 4.69) is 15.0 Å². The maximum Gasteiger partial charge on any atom is 0.226 e. The van der Waals surface area contributed by atoms with E-state index in [1.54, 1.807) is 0 Å². The molecule has 1 aromatic heterocycles. The number of carbonyl (C=O) groups excluding carboxylic acids is 1.